The molecule has 0 aliphatic heterocycles. The van der Waals surface area contributed by atoms with E-state index in [2.05, 4.69) is 4.72 Å². The first-order valence-corrected chi connectivity index (χ1v) is 8.17. The third kappa shape index (κ3) is 3.70. The van der Waals surface area contributed by atoms with E-state index in [-0.39, 0.29) is 16.1 Å². The molecule has 2 aromatic carbocycles. The molecule has 2 N–H and O–H groups in total. The van der Waals surface area contributed by atoms with E-state index in [1.54, 1.807) is 6.07 Å². The van der Waals surface area contributed by atoms with Crippen LogP contribution < -0.4 is 4.72 Å². The first-order chi connectivity index (χ1) is 9.79. The average Bonchev–Trinajstić information content (AvgIpc) is 2.40. The fourth-order valence-electron chi connectivity index (χ4n) is 1.62. The Balaban J connectivity index is 2.44. The molecule has 21 heavy (non-hydrogen) atoms. The number of benzene rings is 2. The second-order valence-electron chi connectivity index (χ2n) is 4.06. The lowest BCUT2D eigenvalue weighted by Crippen LogP contribution is -2.15. The van der Waals surface area contributed by atoms with Crippen LogP contribution in [0, 0.1) is 9.39 Å². The van der Waals surface area contributed by atoms with Gasteiger partial charge in [0.1, 0.15) is 5.82 Å². The maximum atomic E-state index is 13.1. The number of sulfonamides is 1. The van der Waals surface area contributed by atoms with Crippen molar-refractivity contribution in [3.8, 4) is 0 Å². The molecule has 0 spiro atoms. The Morgan fingerprint density at radius 3 is 2.52 bits per heavy atom. The summed E-state index contributed by atoms with van der Waals surface area (Å²) in [7, 11) is -4.06. The Bertz CT molecular complexity index is 808. The minimum absolute atomic E-state index is 0.0767. The highest BCUT2D eigenvalue weighted by atomic mass is 127. The normalized spacial score (nSPS) is 11.1. The molecular formula is C13H9FINO4S. The summed E-state index contributed by atoms with van der Waals surface area (Å²) in [5, 5.41) is 9.10. The van der Waals surface area contributed by atoms with Crippen molar-refractivity contribution in [2.24, 2.45) is 0 Å². The summed E-state index contributed by atoms with van der Waals surface area (Å²) in [6.45, 7) is 0. The number of anilines is 1. The van der Waals surface area contributed by atoms with Crippen LogP contribution in [0.1, 0.15) is 10.4 Å². The fraction of sp³-hybridized carbons (Fsp3) is 0. The van der Waals surface area contributed by atoms with Crippen LogP contribution in [0.25, 0.3) is 0 Å². The molecule has 0 heterocycles. The van der Waals surface area contributed by atoms with Gasteiger partial charge < -0.3 is 5.11 Å². The maximum Gasteiger partial charge on any atom is 0.337 e. The van der Waals surface area contributed by atoms with Crippen LogP contribution in [-0.4, -0.2) is 19.5 Å². The Morgan fingerprint density at radius 1 is 1.19 bits per heavy atom. The number of halogens is 2. The smallest absolute Gasteiger partial charge is 0.337 e. The standard InChI is InChI=1S/C13H9FINO4S/c14-8-2-1-3-10(6-8)21(19,20)16-12-5-4-9(15)7-11(12)13(17)18/h1-7,16H,(H,17,18). The summed E-state index contributed by atoms with van der Waals surface area (Å²) in [5.41, 5.74) is -0.256. The van der Waals surface area contributed by atoms with Gasteiger partial charge in [-0.25, -0.2) is 17.6 Å². The van der Waals surface area contributed by atoms with Crippen LogP contribution in [0.4, 0.5) is 10.1 Å². The minimum Gasteiger partial charge on any atom is -0.478 e. The Morgan fingerprint density at radius 2 is 1.90 bits per heavy atom. The third-order valence-electron chi connectivity index (χ3n) is 2.56. The predicted molar refractivity (Wildman–Crippen MR) is 83.3 cm³/mol. The maximum absolute atomic E-state index is 13.1. The largest absolute Gasteiger partial charge is 0.478 e. The molecule has 0 unspecified atom stereocenters. The van der Waals surface area contributed by atoms with E-state index in [1.807, 2.05) is 22.6 Å². The average molecular weight is 421 g/mol. The molecule has 5 nitrogen and oxygen atoms in total. The van der Waals surface area contributed by atoms with Gasteiger partial charge in [-0.05, 0) is 59.0 Å². The van der Waals surface area contributed by atoms with Crippen molar-refractivity contribution in [3.63, 3.8) is 0 Å². The molecule has 0 saturated heterocycles. The van der Waals surface area contributed by atoms with Crippen molar-refractivity contribution in [1.82, 2.24) is 0 Å². The molecular weight excluding hydrogens is 412 g/mol. The second-order valence-corrected chi connectivity index (χ2v) is 6.99. The van der Waals surface area contributed by atoms with Crippen LogP contribution >= 0.6 is 22.6 Å². The zero-order valence-electron chi connectivity index (χ0n) is 10.4. The first-order valence-electron chi connectivity index (χ1n) is 5.61. The zero-order valence-corrected chi connectivity index (χ0v) is 13.4. The van der Waals surface area contributed by atoms with E-state index in [0.717, 1.165) is 12.1 Å². The summed E-state index contributed by atoms with van der Waals surface area (Å²) >= 11 is 1.92. The minimum atomic E-state index is -4.06. The van der Waals surface area contributed by atoms with Gasteiger partial charge in [-0.3, -0.25) is 4.72 Å². The highest BCUT2D eigenvalue weighted by Crippen LogP contribution is 2.22. The van der Waals surface area contributed by atoms with Gasteiger partial charge >= 0.3 is 5.97 Å². The molecule has 8 heteroatoms. The van der Waals surface area contributed by atoms with E-state index < -0.39 is 21.8 Å². The first kappa shape index (κ1) is 15.7. The highest BCUT2D eigenvalue weighted by molar-refractivity contribution is 14.1. The summed E-state index contributed by atoms with van der Waals surface area (Å²) in [4.78, 5) is 10.9. The molecule has 0 aliphatic carbocycles. The number of aromatic carboxylic acids is 1. The van der Waals surface area contributed by atoms with Crippen molar-refractivity contribution in [1.29, 1.82) is 0 Å². The van der Waals surface area contributed by atoms with Crippen LogP contribution in [0.2, 0.25) is 0 Å². The molecule has 0 aliphatic rings. The van der Waals surface area contributed by atoms with Gasteiger partial charge in [0.2, 0.25) is 0 Å². The van der Waals surface area contributed by atoms with Gasteiger partial charge in [0.25, 0.3) is 10.0 Å². The highest BCUT2D eigenvalue weighted by Gasteiger charge is 2.19. The lowest BCUT2D eigenvalue weighted by molar-refractivity contribution is 0.0698. The van der Waals surface area contributed by atoms with Gasteiger partial charge in [-0.2, -0.15) is 0 Å². The van der Waals surface area contributed by atoms with Crippen LogP contribution in [0.5, 0.6) is 0 Å². The van der Waals surface area contributed by atoms with E-state index in [9.17, 15) is 17.6 Å². The van der Waals surface area contributed by atoms with Crippen molar-refractivity contribution in [2.75, 3.05) is 4.72 Å². The molecule has 110 valence electrons. The van der Waals surface area contributed by atoms with Gasteiger partial charge in [0.05, 0.1) is 16.1 Å². The number of carboxylic acids is 1. The lowest BCUT2D eigenvalue weighted by atomic mass is 10.2. The molecule has 0 saturated carbocycles. The van der Waals surface area contributed by atoms with Gasteiger partial charge in [0, 0.05) is 3.57 Å². The number of nitrogens with one attached hydrogen (secondary N) is 1. The molecule has 0 radical (unpaired) electrons. The van der Waals surface area contributed by atoms with Gasteiger partial charge in [0.15, 0.2) is 0 Å². The molecule has 0 aromatic heterocycles. The summed E-state index contributed by atoms with van der Waals surface area (Å²) < 4.78 is 40.2. The monoisotopic (exact) mass is 421 g/mol. The van der Waals surface area contributed by atoms with E-state index in [0.29, 0.717) is 3.57 Å². The molecule has 2 aromatic rings. The zero-order chi connectivity index (χ0) is 15.6. The number of carboxylic acid groups (broad SMARTS) is 1. The number of hydrogen-bond acceptors (Lipinski definition) is 3. The van der Waals surface area contributed by atoms with Crippen molar-refractivity contribution >= 4 is 44.3 Å². The Hall–Kier alpha value is -1.68. The van der Waals surface area contributed by atoms with E-state index >= 15 is 0 Å². The Labute approximate surface area is 134 Å². The van der Waals surface area contributed by atoms with Crippen LogP contribution in [0.15, 0.2) is 47.4 Å². The van der Waals surface area contributed by atoms with Gasteiger partial charge in [-0.1, -0.05) is 6.07 Å². The van der Waals surface area contributed by atoms with E-state index in [1.165, 1.54) is 24.3 Å². The summed E-state index contributed by atoms with van der Waals surface area (Å²) in [6.07, 6.45) is 0. The number of rotatable bonds is 4. The van der Waals surface area contributed by atoms with Crippen molar-refractivity contribution in [2.45, 2.75) is 4.90 Å². The molecule has 2 rings (SSSR count). The molecule has 0 fully saturated rings. The van der Waals surface area contributed by atoms with E-state index in [4.69, 9.17) is 5.11 Å². The SMILES string of the molecule is O=C(O)c1cc(I)ccc1NS(=O)(=O)c1cccc(F)c1. The van der Waals surface area contributed by atoms with Gasteiger partial charge in [-0.15, -0.1) is 0 Å². The van der Waals surface area contributed by atoms with Crippen molar-refractivity contribution < 1.29 is 22.7 Å². The Kier molecular flexibility index (Phi) is 4.47. The number of carbonyl (C=O) groups is 1. The molecule has 0 atom stereocenters. The lowest BCUT2D eigenvalue weighted by Gasteiger charge is -2.11. The predicted octanol–water partition coefficient (Wildman–Crippen LogP) is 2.93. The quantitative estimate of drug-likeness (QED) is 0.744. The number of hydrogen-bond donors (Lipinski definition) is 2. The second kappa shape index (κ2) is 5.98. The topological polar surface area (TPSA) is 83.5 Å². The molecule has 0 bridgehead atoms. The third-order valence-corrected chi connectivity index (χ3v) is 4.60. The van der Waals surface area contributed by atoms with Crippen LogP contribution in [-0.2, 0) is 10.0 Å². The summed E-state index contributed by atoms with van der Waals surface area (Å²) in [5.74, 6) is -1.95. The van der Waals surface area contributed by atoms with Crippen molar-refractivity contribution in [3.05, 3.63) is 57.4 Å². The molecule has 0 amide bonds. The fourth-order valence-corrected chi connectivity index (χ4v) is 3.22. The summed E-state index contributed by atoms with van der Waals surface area (Å²) in [6, 6.07) is 8.71. The van der Waals surface area contributed by atoms with Crippen LogP contribution in [0.3, 0.4) is 0 Å².